The minimum atomic E-state index is -0.146. The number of nitrogens with one attached hydrogen (secondary N) is 1. The number of aliphatic imine (C=N–C) groups is 1. The first-order valence-electron chi connectivity index (χ1n) is 9.63. The molecule has 1 aliphatic rings. The average molecular weight is 498 g/mol. The second kappa shape index (κ2) is 10.1. The number of nitrogens with zero attached hydrogens (tertiary/aromatic N) is 5. The number of guanidine groups is 1. The molecule has 0 amide bonds. The molecule has 0 atom stereocenters. The molecule has 1 aromatic carbocycles. The molecule has 1 N–H and O–H groups in total. The van der Waals surface area contributed by atoms with Crippen LogP contribution < -0.4 is 10.2 Å². The first kappa shape index (κ1) is 22.4. The van der Waals surface area contributed by atoms with Gasteiger partial charge in [0.1, 0.15) is 6.54 Å². The molecule has 0 spiro atoms. The molecule has 3 rings (SSSR count). The zero-order chi connectivity index (χ0) is 19.3. The third-order valence-corrected chi connectivity index (χ3v) is 4.52. The van der Waals surface area contributed by atoms with Crippen LogP contribution in [0.2, 0.25) is 0 Å². The molecule has 2 aromatic rings. The van der Waals surface area contributed by atoms with Crippen LogP contribution in [0.15, 0.2) is 39.8 Å². The molecule has 8 heteroatoms. The summed E-state index contributed by atoms with van der Waals surface area (Å²) in [5.74, 6) is 2.18. The Morgan fingerprint density at radius 1 is 1.14 bits per heavy atom. The number of hydrogen-bond donors (Lipinski definition) is 1. The molecule has 0 saturated carbocycles. The molecule has 0 bridgehead atoms. The molecule has 2 heterocycles. The molecule has 28 heavy (non-hydrogen) atoms. The lowest BCUT2D eigenvalue weighted by Crippen LogP contribution is -2.52. The fourth-order valence-electron chi connectivity index (χ4n) is 3.01. The van der Waals surface area contributed by atoms with Gasteiger partial charge in [-0.15, -0.1) is 24.0 Å². The van der Waals surface area contributed by atoms with Gasteiger partial charge in [0.25, 0.3) is 0 Å². The topological polar surface area (TPSA) is 69.8 Å². The van der Waals surface area contributed by atoms with E-state index in [0.29, 0.717) is 18.3 Å². The van der Waals surface area contributed by atoms with Crippen LogP contribution >= 0.6 is 24.0 Å². The molecule has 154 valence electrons. The van der Waals surface area contributed by atoms with Crippen LogP contribution in [-0.4, -0.2) is 53.7 Å². The van der Waals surface area contributed by atoms with Gasteiger partial charge in [-0.2, -0.15) is 4.98 Å². The van der Waals surface area contributed by atoms with Crippen molar-refractivity contribution < 1.29 is 4.52 Å². The van der Waals surface area contributed by atoms with E-state index >= 15 is 0 Å². The third-order valence-electron chi connectivity index (χ3n) is 4.52. The third kappa shape index (κ3) is 5.83. The van der Waals surface area contributed by atoms with Gasteiger partial charge in [-0.25, -0.2) is 4.99 Å². The highest BCUT2D eigenvalue weighted by molar-refractivity contribution is 14.0. The van der Waals surface area contributed by atoms with Crippen LogP contribution in [0.5, 0.6) is 0 Å². The van der Waals surface area contributed by atoms with Crippen molar-refractivity contribution in [1.82, 2.24) is 20.4 Å². The van der Waals surface area contributed by atoms with Crippen molar-refractivity contribution >= 4 is 35.6 Å². The predicted octanol–water partition coefficient (Wildman–Crippen LogP) is 3.27. The molecule has 1 saturated heterocycles. The zero-order valence-electron chi connectivity index (χ0n) is 17.2. The molecule has 7 nitrogen and oxygen atoms in total. The summed E-state index contributed by atoms with van der Waals surface area (Å²) in [4.78, 5) is 13.9. The van der Waals surface area contributed by atoms with Gasteiger partial charge >= 0.3 is 0 Å². The van der Waals surface area contributed by atoms with Crippen LogP contribution in [0, 0.1) is 0 Å². The van der Waals surface area contributed by atoms with Gasteiger partial charge in [0.05, 0.1) is 0 Å². The van der Waals surface area contributed by atoms with E-state index in [2.05, 4.69) is 83.3 Å². The standard InChI is InChI=1S/C20H30N6O.HI/c1-5-21-19(22-15-17-23-18(27-24-17)20(2,3)4)26-13-11-25(12-14-26)16-9-7-6-8-10-16;/h6-10H,5,11-15H2,1-4H3,(H,21,22);1H. The Balaban J connectivity index is 0.00000280. The summed E-state index contributed by atoms with van der Waals surface area (Å²) in [6.45, 7) is 13.3. The summed E-state index contributed by atoms with van der Waals surface area (Å²) in [6.07, 6.45) is 0. The van der Waals surface area contributed by atoms with Gasteiger partial charge < -0.3 is 19.6 Å². The smallest absolute Gasteiger partial charge is 0.232 e. The second-order valence-corrected chi connectivity index (χ2v) is 7.75. The van der Waals surface area contributed by atoms with Gasteiger partial charge in [-0.05, 0) is 19.1 Å². The lowest BCUT2D eigenvalue weighted by molar-refractivity contribution is 0.318. The van der Waals surface area contributed by atoms with Crippen molar-refractivity contribution in [2.75, 3.05) is 37.6 Å². The predicted molar refractivity (Wildman–Crippen MR) is 123 cm³/mol. The Kier molecular flexibility index (Phi) is 8.09. The van der Waals surface area contributed by atoms with Crippen molar-refractivity contribution in [1.29, 1.82) is 0 Å². The number of hydrogen-bond acceptors (Lipinski definition) is 5. The lowest BCUT2D eigenvalue weighted by atomic mass is 9.97. The normalized spacial score (nSPS) is 15.4. The Hall–Kier alpha value is -1.84. The quantitative estimate of drug-likeness (QED) is 0.397. The summed E-state index contributed by atoms with van der Waals surface area (Å²) in [5.41, 5.74) is 1.13. The summed E-state index contributed by atoms with van der Waals surface area (Å²) < 4.78 is 5.36. The fourth-order valence-corrected chi connectivity index (χ4v) is 3.01. The maximum absolute atomic E-state index is 5.36. The average Bonchev–Trinajstić information content (AvgIpc) is 3.16. The van der Waals surface area contributed by atoms with Gasteiger partial charge in [0.2, 0.25) is 5.89 Å². The van der Waals surface area contributed by atoms with E-state index in [4.69, 9.17) is 9.52 Å². The van der Waals surface area contributed by atoms with Gasteiger partial charge in [0.15, 0.2) is 11.8 Å². The number of piperazine rings is 1. The minimum absolute atomic E-state index is 0. The molecule has 1 aliphatic heterocycles. The highest BCUT2D eigenvalue weighted by Crippen LogP contribution is 2.20. The number of benzene rings is 1. The van der Waals surface area contributed by atoms with E-state index in [-0.39, 0.29) is 29.4 Å². The molecular weight excluding hydrogens is 467 g/mol. The molecule has 0 radical (unpaired) electrons. The SMILES string of the molecule is CCNC(=NCc1noc(C(C)(C)C)n1)N1CCN(c2ccccc2)CC1.I. The van der Waals surface area contributed by atoms with Crippen molar-refractivity contribution in [2.24, 2.45) is 4.99 Å². The molecular formula is C20H31IN6O. The molecule has 0 unspecified atom stereocenters. The lowest BCUT2D eigenvalue weighted by Gasteiger charge is -2.37. The fraction of sp³-hybridized carbons (Fsp3) is 0.550. The van der Waals surface area contributed by atoms with Crippen molar-refractivity contribution in [3.63, 3.8) is 0 Å². The first-order chi connectivity index (χ1) is 13.0. The maximum Gasteiger partial charge on any atom is 0.232 e. The Morgan fingerprint density at radius 3 is 2.39 bits per heavy atom. The van der Waals surface area contributed by atoms with Crippen molar-refractivity contribution in [3.05, 3.63) is 42.0 Å². The van der Waals surface area contributed by atoms with Gasteiger partial charge in [-0.3, -0.25) is 0 Å². The molecule has 0 aliphatic carbocycles. The second-order valence-electron chi connectivity index (χ2n) is 7.75. The van der Waals surface area contributed by atoms with E-state index in [1.54, 1.807) is 0 Å². The number of aromatic nitrogens is 2. The monoisotopic (exact) mass is 498 g/mol. The Bertz CT molecular complexity index is 748. The number of halogens is 1. The highest BCUT2D eigenvalue weighted by atomic mass is 127. The summed E-state index contributed by atoms with van der Waals surface area (Å²) in [6, 6.07) is 10.6. The van der Waals surface area contributed by atoms with Crippen LogP contribution in [0.25, 0.3) is 0 Å². The molecule has 1 aromatic heterocycles. The van der Waals surface area contributed by atoms with Crippen LogP contribution in [0.4, 0.5) is 5.69 Å². The van der Waals surface area contributed by atoms with Gasteiger partial charge in [-0.1, -0.05) is 44.1 Å². The van der Waals surface area contributed by atoms with Crippen molar-refractivity contribution in [3.8, 4) is 0 Å². The highest BCUT2D eigenvalue weighted by Gasteiger charge is 2.22. The Morgan fingerprint density at radius 2 is 1.82 bits per heavy atom. The van der Waals surface area contributed by atoms with Crippen molar-refractivity contribution in [2.45, 2.75) is 39.7 Å². The van der Waals surface area contributed by atoms with Gasteiger partial charge in [0, 0.05) is 43.8 Å². The number of rotatable bonds is 4. The first-order valence-corrected chi connectivity index (χ1v) is 9.63. The Labute approximate surface area is 184 Å². The van der Waals surface area contributed by atoms with E-state index in [9.17, 15) is 0 Å². The number of anilines is 1. The van der Waals surface area contributed by atoms with E-state index in [0.717, 1.165) is 38.7 Å². The van der Waals surface area contributed by atoms with Crippen LogP contribution in [0.3, 0.4) is 0 Å². The van der Waals surface area contributed by atoms with E-state index in [1.807, 2.05) is 0 Å². The molecule has 1 fully saturated rings. The van der Waals surface area contributed by atoms with Crippen LogP contribution in [-0.2, 0) is 12.0 Å². The van der Waals surface area contributed by atoms with E-state index in [1.165, 1.54) is 5.69 Å². The van der Waals surface area contributed by atoms with E-state index < -0.39 is 0 Å². The summed E-state index contributed by atoms with van der Waals surface area (Å²) in [5, 5.41) is 7.45. The summed E-state index contributed by atoms with van der Waals surface area (Å²) >= 11 is 0. The van der Waals surface area contributed by atoms with Crippen LogP contribution in [0.1, 0.15) is 39.4 Å². The maximum atomic E-state index is 5.36. The largest absolute Gasteiger partial charge is 0.368 e. The zero-order valence-corrected chi connectivity index (χ0v) is 19.5. The summed E-state index contributed by atoms with van der Waals surface area (Å²) in [7, 11) is 0. The minimum Gasteiger partial charge on any atom is -0.368 e. The number of para-hydroxylation sites is 1.